The molecular formula is C17H16FNO4. The molecule has 0 fully saturated rings. The SMILES string of the molecule is COc1ccc(C(=O)O[C@@H](C)C(=O)Nc2ccccc2)cc1F. The number of esters is 1. The summed E-state index contributed by atoms with van der Waals surface area (Å²) in [6, 6.07) is 12.5. The normalized spacial score (nSPS) is 11.4. The average molecular weight is 317 g/mol. The number of ether oxygens (including phenoxy) is 2. The fourth-order valence-corrected chi connectivity index (χ4v) is 1.84. The number of hydrogen-bond donors (Lipinski definition) is 1. The van der Waals surface area contributed by atoms with Gasteiger partial charge in [0.25, 0.3) is 5.91 Å². The van der Waals surface area contributed by atoms with Crippen LogP contribution in [0.15, 0.2) is 48.5 Å². The molecule has 0 spiro atoms. The molecule has 120 valence electrons. The molecule has 0 aromatic heterocycles. The van der Waals surface area contributed by atoms with Gasteiger partial charge in [0.05, 0.1) is 12.7 Å². The van der Waals surface area contributed by atoms with Gasteiger partial charge in [-0.25, -0.2) is 9.18 Å². The molecule has 0 bridgehead atoms. The summed E-state index contributed by atoms with van der Waals surface area (Å²) in [4.78, 5) is 23.9. The molecule has 0 saturated heterocycles. The number of para-hydroxylation sites is 1. The van der Waals surface area contributed by atoms with Crippen LogP contribution in [-0.4, -0.2) is 25.1 Å². The van der Waals surface area contributed by atoms with Crippen LogP contribution in [-0.2, 0) is 9.53 Å². The van der Waals surface area contributed by atoms with E-state index in [1.54, 1.807) is 24.3 Å². The predicted octanol–water partition coefficient (Wildman–Crippen LogP) is 3.02. The zero-order valence-electron chi connectivity index (χ0n) is 12.7. The van der Waals surface area contributed by atoms with Gasteiger partial charge in [-0.3, -0.25) is 4.79 Å². The Balaban J connectivity index is 1.99. The van der Waals surface area contributed by atoms with Gasteiger partial charge in [-0.2, -0.15) is 0 Å². The number of halogens is 1. The maximum atomic E-state index is 13.6. The molecule has 0 saturated carbocycles. The van der Waals surface area contributed by atoms with E-state index in [2.05, 4.69) is 5.32 Å². The van der Waals surface area contributed by atoms with Crippen LogP contribution in [0.25, 0.3) is 0 Å². The summed E-state index contributed by atoms with van der Waals surface area (Å²) in [5.41, 5.74) is 0.596. The third-order valence-corrected chi connectivity index (χ3v) is 3.08. The Morgan fingerprint density at radius 1 is 1.13 bits per heavy atom. The Kier molecular flexibility index (Phi) is 5.30. The minimum absolute atomic E-state index is 0.00246. The third-order valence-electron chi connectivity index (χ3n) is 3.08. The van der Waals surface area contributed by atoms with Crippen LogP contribution in [0, 0.1) is 5.82 Å². The van der Waals surface area contributed by atoms with Crippen molar-refractivity contribution >= 4 is 17.6 Å². The van der Waals surface area contributed by atoms with Crippen LogP contribution in [0.5, 0.6) is 5.75 Å². The molecule has 1 atom stereocenters. The van der Waals surface area contributed by atoms with Gasteiger partial charge in [0, 0.05) is 5.69 Å². The summed E-state index contributed by atoms with van der Waals surface area (Å²) < 4.78 is 23.4. The molecule has 1 amide bonds. The fraction of sp³-hybridized carbons (Fsp3) is 0.176. The lowest BCUT2D eigenvalue weighted by atomic mass is 10.2. The summed E-state index contributed by atoms with van der Waals surface area (Å²) in [7, 11) is 1.33. The van der Waals surface area contributed by atoms with Crippen LogP contribution in [0.1, 0.15) is 17.3 Å². The van der Waals surface area contributed by atoms with E-state index in [0.717, 1.165) is 6.07 Å². The van der Waals surface area contributed by atoms with E-state index in [-0.39, 0.29) is 11.3 Å². The maximum absolute atomic E-state index is 13.6. The number of hydrogen-bond acceptors (Lipinski definition) is 4. The standard InChI is InChI=1S/C17H16FNO4/c1-11(16(20)19-13-6-4-3-5-7-13)23-17(21)12-8-9-15(22-2)14(18)10-12/h3-11H,1-2H3,(H,19,20)/t11-/m0/s1. The van der Waals surface area contributed by atoms with Gasteiger partial charge in [-0.1, -0.05) is 18.2 Å². The highest BCUT2D eigenvalue weighted by atomic mass is 19.1. The molecule has 0 aliphatic carbocycles. The number of methoxy groups -OCH3 is 1. The number of nitrogens with one attached hydrogen (secondary N) is 1. The molecule has 6 heteroatoms. The lowest BCUT2D eigenvalue weighted by molar-refractivity contribution is -0.123. The molecule has 0 unspecified atom stereocenters. The maximum Gasteiger partial charge on any atom is 0.339 e. The number of rotatable bonds is 5. The Labute approximate surface area is 133 Å². The van der Waals surface area contributed by atoms with Crippen molar-refractivity contribution in [2.45, 2.75) is 13.0 Å². The molecule has 0 aliphatic rings. The molecule has 23 heavy (non-hydrogen) atoms. The molecule has 2 rings (SSSR count). The van der Waals surface area contributed by atoms with Crippen LogP contribution in [0.3, 0.4) is 0 Å². The second kappa shape index (κ2) is 7.40. The lowest BCUT2D eigenvalue weighted by Gasteiger charge is -2.13. The molecule has 2 aromatic carbocycles. The predicted molar refractivity (Wildman–Crippen MR) is 82.9 cm³/mol. The van der Waals surface area contributed by atoms with Crippen LogP contribution >= 0.6 is 0 Å². The highest BCUT2D eigenvalue weighted by Crippen LogP contribution is 2.18. The zero-order chi connectivity index (χ0) is 16.8. The van der Waals surface area contributed by atoms with Gasteiger partial charge in [-0.15, -0.1) is 0 Å². The zero-order valence-corrected chi connectivity index (χ0v) is 12.7. The smallest absolute Gasteiger partial charge is 0.339 e. The molecule has 0 heterocycles. The van der Waals surface area contributed by atoms with Crippen LogP contribution in [0.2, 0.25) is 0 Å². The molecule has 1 N–H and O–H groups in total. The second-order valence-electron chi connectivity index (χ2n) is 4.75. The molecule has 0 radical (unpaired) electrons. The first-order valence-corrected chi connectivity index (χ1v) is 6.91. The Morgan fingerprint density at radius 3 is 2.43 bits per heavy atom. The largest absolute Gasteiger partial charge is 0.494 e. The average Bonchev–Trinajstić information content (AvgIpc) is 2.55. The number of carbonyl (C=O) groups excluding carboxylic acids is 2. The first-order chi connectivity index (χ1) is 11.0. The number of anilines is 1. The topological polar surface area (TPSA) is 64.6 Å². The van der Waals surface area contributed by atoms with E-state index < -0.39 is 23.8 Å². The lowest BCUT2D eigenvalue weighted by Crippen LogP contribution is -2.30. The van der Waals surface area contributed by atoms with Gasteiger partial charge in [0.15, 0.2) is 17.7 Å². The monoisotopic (exact) mass is 317 g/mol. The van der Waals surface area contributed by atoms with Crippen molar-refractivity contribution in [1.29, 1.82) is 0 Å². The van der Waals surface area contributed by atoms with Crippen LogP contribution < -0.4 is 10.1 Å². The quantitative estimate of drug-likeness (QED) is 0.861. The van der Waals surface area contributed by atoms with Crippen molar-refractivity contribution in [3.8, 4) is 5.75 Å². The van der Waals surface area contributed by atoms with Gasteiger partial charge in [0.1, 0.15) is 0 Å². The first-order valence-electron chi connectivity index (χ1n) is 6.91. The Hall–Kier alpha value is -2.89. The third kappa shape index (κ3) is 4.29. The fourth-order valence-electron chi connectivity index (χ4n) is 1.84. The second-order valence-corrected chi connectivity index (χ2v) is 4.75. The van der Waals surface area contributed by atoms with Crippen molar-refractivity contribution in [2.24, 2.45) is 0 Å². The van der Waals surface area contributed by atoms with E-state index in [9.17, 15) is 14.0 Å². The van der Waals surface area contributed by atoms with Crippen molar-refractivity contribution in [2.75, 3.05) is 12.4 Å². The number of amides is 1. The highest BCUT2D eigenvalue weighted by molar-refractivity contribution is 5.97. The van der Waals surface area contributed by atoms with E-state index in [4.69, 9.17) is 9.47 Å². The van der Waals surface area contributed by atoms with Crippen LogP contribution in [0.4, 0.5) is 10.1 Å². The molecule has 5 nitrogen and oxygen atoms in total. The summed E-state index contributed by atoms with van der Waals surface area (Å²) >= 11 is 0. The summed E-state index contributed by atoms with van der Waals surface area (Å²) in [5.74, 6) is -1.92. The Bertz CT molecular complexity index is 703. The highest BCUT2D eigenvalue weighted by Gasteiger charge is 2.20. The van der Waals surface area contributed by atoms with E-state index in [0.29, 0.717) is 5.69 Å². The van der Waals surface area contributed by atoms with E-state index in [1.165, 1.54) is 26.2 Å². The van der Waals surface area contributed by atoms with Gasteiger partial charge < -0.3 is 14.8 Å². The van der Waals surface area contributed by atoms with E-state index in [1.807, 2.05) is 6.07 Å². The minimum Gasteiger partial charge on any atom is -0.494 e. The van der Waals surface area contributed by atoms with Gasteiger partial charge in [0.2, 0.25) is 0 Å². The number of carbonyl (C=O) groups is 2. The minimum atomic E-state index is -1.02. The molecule has 2 aromatic rings. The first kappa shape index (κ1) is 16.5. The molecular weight excluding hydrogens is 301 g/mol. The van der Waals surface area contributed by atoms with Gasteiger partial charge >= 0.3 is 5.97 Å². The molecule has 0 aliphatic heterocycles. The van der Waals surface area contributed by atoms with Gasteiger partial charge in [-0.05, 0) is 37.3 Å². The van der Waals surface area contributed by atoms with Crippen molar-refractivity contribution in [3.05, 3.63) is 59.9 Å². The van der Waals surface area contributed by atoms with E-state index >= 15 is 0 Å². The summed E-state index contributed by atoms with van der Waals surface area (Å²) in [5, 5.41) is 2.62. The Morgan fingerprint density at radius 2 is 1.83 bits per heavy atom. The van der Waals surface area contributed by atoms with Crippen molar-refractivity contribution in [1.82, 2.24) is 0 Å². The summed E-state index contributed by atoms with van der Waals surface area (Å²) in [6.45, 7) is 1.44. The summed E-state index contributed by atoms with van der Waals surface area (Å²) in [6.07, 6.45) is -1.02. The van der Waals surface area contributed by atoms with Crippen molar-refractivity contribution < 1.29 is 23.5 Å². The van der Waals surface area contributed by atoms with Crippen molar-refractivity contribution in [3.63, 3.8) is 0 Å². The number of benzene rings is 2.